The molecule has 0 amide bonds. The molecule has 1 saturated carbocycles. The maximum absolute atomic E-state index is 9.01. The van der Waals surface area contributed by atoms with Crippen LogP contribution in [-0.4, -0.2) is 14.9 Å². The highest BCUT2D eigenvalue weighted by atomic mass is 16.3. The molecule has 0 aliphatic heterocycles. The molecule has 1 heterocycles. The Labute approximate surface area is 78.4 Å². The van der Waals surface area contributed by atoms with Crippen LogP contribution in [0.15, 0.2) is 6.07 Å². The van der Waals surface area contributed by atoms with Crippen LogP contribution in [0.2, 0.25) is 0 Å². The standard InChI is InChI=1S/C10H16N2O/c1-12-9(7-13)6-10(11-12)8-4-2-3-5-8/h6,8,13H,2-5,7H2,1H3. The van der Waals surface area contributed by atoms with Crippen LogP contribution in [0.25, 0.3) is 0 Å². The second-order valence-corrected chi connectivity index (χ2v) is 3.82. The Morgan fingerprint density at radius 2 is 2.23 bits per heavy atom. The Hall–Kier alpha value is -0.830. The molecule has 0 radical (unpaired) electrons. The van der Waals surface area contributed by atoms with Crippen molar-refractivity contribution in [3.05, 3.63) is 17.5 Å². The van der Waals surface area contributed by atoms with E-state index >= 15 is 0 Å². The van der Waals surface area contributed by atoms with Crippen LogP contribution in [0.1, 0.15) is 43.0 Å². The number of aryl methyl sites for hydroxylation is 1. The maximum atomic E-state index is 9.01. The zero-order valence-electron chi connectivity index (χ0n) is 8.03. The van der Waals surface area contributed by atoms with Crippen LogP contribution in [0.5, 0.6) is 0 Å². The number of aliphatic hydroxyl groups is 1. The normalized spacial score (nSPS) is 18.3. The molecule has 0 unspecified atom stereocenters. The first kappa shape index (κ1) is 8.75. The van der Waals surface area contributed by atoms with Crippen molar-refractivity contribution >= 4 is 0 Å². The minimum absolute atomic E-state index is 0.0935. The first-order valence-corrected chi connectivity index (χ1v) is 4.95. The van der Waals surface area contributed by atoms with Gasteiger partial charge in [0.1, 0.15) is 0 Å². The second-order valence-electron chi connectivity index (χ2n) is 3.82. The van der Waals surface area contributed by atoms with E-state index in [4.69, 9.17) is 5.11 Å². The van der Waals surface area contributed by atoms with E-state index in [1.54, 1.807) is 4.68 Å². The summed E-state index contributed by atoms with van der Waals surface area (Å²) in [7, 11) is 1.89. The summed E-state index contributed by atoms with van der Waals surface area (Å²) < 4.78 is 1.79. The van der Waals surface area contributed by atoms with Crippen LogP contribution in [-0.2, 0) is 13.7 Å². The number of rotatable bonds is 2. The van der Waals surface area contributed by atoms with Gasteiger partial charge in [-0.2, -0.15) is 5.10 Å². The van der Waals surface area contributed by atoms with Crippen molar-refractivity contribution in [3.63, 3.8) is 0 Å². The lowest BCUT2D eigenvalue weighted by Gasteiger charge is -2.02. The van der Waals surface area contributed by atoms with Crippen molar-refractivity contribution in [3.8, 4) is 0 Å². The van der Waals surface area contributed by atoms with Crippen molar-refractivity contribution in [2.75, 3.05) is 0 Å². The fraction of sp³-hybridized carbons (Fsp3) is 0.700. The van der Waals surface area contributed by atoms with Crippen molar-refractivity contribution < 1.29 is 5.11 Å². The molecule has 2 rings (SSSR count). The number of nitrogens with zero attached hydrogens (tertiary/aromatic N) is 2. The largest absolute Gasteiger partial charge is 0.390 e. The summed E-state index contributed by atoms with van der Waals surface area (Å²) in [6, 6.07) is 2.04. The lowest BCUT2D eigenvalue weighted by Crippen LogP contribution is -1.98. The molecule has 0 bridgehead atoms. The molecule has 0 saturated heterocycles. The van der Waals surface area contributed by atoms with Gasteiger partial charge in [-0.1, -0.05) is 12.8 Å². The molecule has 1 aromatic rings. The zero-order chi connectivity index (χ0) is 9.26. The molecular weight excluding hydrogens is 164 g/mol. The van der Waals surface area contributed by atoms with Crippen LogP contribution in [0.3, 0.4) is 0 Å². The van der Waals surface area contributed by atoms with Gasteiger partial charge in [-0.3, -0.25) is 4.68 Å². The first-order chi connectivity index (χ1) is 6.31. The van der Waals surface area contributed by atoms with Gasteiger partial charge in [0.15, 0.2) is 0 Å². The minimum Gasteiger partial charge on any atom is -0.390 e. The van der Waals surface area contributed by atoms with Gasteiger partial charge < -0.3 is 5.11 Å². The number of aromatic nitrogens is 2. The second kappa shape index (κ2) is 3.50. The summed E-state index contributed by atoms with van der Waals surface area (Å²) in [6.45, 7) is 0.0935. The molecule has 3 nitrogen and oxygen atoms in total. The molecule has 1 N–H and O–H groups in total. The quantitative estimate of drug-likeness (QED) is 0.750. The highest BCUT2D eigenvalue weighted by Gasteiger charge is 2.20. The summed E-state index contributed by atoms with van der Waals surface area (Å²) in [4.78, 5) is 0. The van der Waals surface area contributed by atoms with E-state index in [1.807, 2.05) is 13.1 Å². The van der Waals surface area contributed by atoms with Crippen LogP contribution in [0.4, 0.5) is 0 Å². The monoisotopic (exact) mass is 180 g/mol. The molecule has 1 aliphatic rings. The average Bonchev–Trinajstić information content (AvgIpc) is 2.71. The van der Waals surface area contributed by atoms with Gasteiger partial charge >= 0.3 is 0 Å². The summed E-state index contributed by atoms with van der Waals surface area (Å²) in [6.07, 6.45) is 5.19. The Balaban J connectivity index is 2.20. The smallest absolute Gasteiger partial charge is 0.0849 e. The van der Waals surface area contributed by atoms with E-state index in [0.29, 0.717) is 5.92 Å². The van der Waals surface area contributed by atoms with Gasteiger partial charge in [0.25, 0.3) is 0 Å². The van der Waals surface area contributed by atoms with E-state index in [9.17, 15) is 0 Å². The summed E-state index contributed by atoms with van der Waals surface area (Å²) in [5.41, 5.74) is 2.09. The molecule has 1 aliphatic carbocycles. The minimum atomic E-state index is 0.0935. The van der Waals surface area contributed by atoms with Crippen molar-refractivity contribution in [1.29, 1.82) is 0 Å². The number of hydrogen-bond acceptors (Lipinski definition) is 2. The van der Waals surface area contributed by atoms with Crippen molar-refractivity contribution in [1.82, 2.24) is 9.78 Å². The Kier molecular flexibility index (Phi) is 2.36. The third-order valence-corrected chi connectivity index (χ3v) is 2.93. The topological polar surface area (TPSA) is 38.0 Å². The third-order valence-electron chi connectivity index (χ3n) is 2.93. The van der Waals surface area contributed by atoms with E-state index in [0.717, 1.165) is 5.69 Å². The first-order valence-electron chi connectivity index (χ1n) is 4.95. The predicted octanol–water partition coefficient (Wildman–Crippen LogP) is 1.57. The van der Waals surface area contributed by atoms with Crippen LogP contribution >= 0.6 is 0 Å². The highest BCUT2D eigenvalue weighted by Crippen LogP contribution is 2.33. The zero-order valence-corrected chi connectivity index (χ0v) is 8.03. The third kappa shape index (κ3) is 1.61. The fourth-order valence-corrected chi connectivity index (χ4v) is 2.10. The van der Waals surface area contributed by atoms with E-state index < -0.39 is 0 Å². The molecule has 3 heteroatoms. The number of hydrogen-bond donors (Lipinski definition) is 1. The van der Waals surface area contributed by atoms with Gasteiger partial charge in [-0.05, 0) is 18.9 Å². The van der Waals surface area contributed by atoms with Crippen LogP contribution in [0, 0.1) is 0 Å². The fourth-order valence-electron chi connectivity index (χ4n) is 2.10. The van der Waals surface area contributed by atoms with E-state index in [-0.39, 0.29) is 6.61 Å². The van der Waals surface area contributed by atoms with Crippen molar-refractivity contribution in [2.45, 2.75) is 38.2 Å². The number of aliphatic hydroxyl groups excluding tert-OH is 1. The molecule has 0 spiro atoms. The molecule has 1 fully saturated rings. The lowest BCUT2D eigenvalue weighted by molar-refractivity contribution is 0.270. The van der Waals surface area contributed by atoms with Gasteiger partial charge in [0.05, 0.1) is 18.0 Å². The molecule has 1 aromatic heterocycles. The molecule has 72 valence electrons. The van der Waals surface area contributed by atoms with Crippen LogP contribution < -0.4 is 0 Å². The predicted molar refractivity (Wildman–Crippen MR) is 50.3 cm³/mol. The van der Waals surface area contributed by atoms with Gasteiger partial charge in [-0.25, -0.2) is 0 Å². The summed E-state index contributed by atoms with van der Waals surface area (Å²) in [5, 5.41) is 13.4. The molecule has 0 atom stereocenters. The SMILES string of the molecule is Cn1nc(C2CCCC2)cc1CO. The summed E-state index contributed by atoms with van der Waals surface area (Å²) >= 11 is 0. The van der Waals surface area contributed by atoms with Gasteiger partial charge in [-0.15, -0.1) is 0 Å². The Morgan fingerprint density at radius 1 is 1.54 bits per heavy atom. The molecule has 0 aromatic carbocycles. The molecular formula is C10H16N2O. The molecule has 13 heavy (non-hydrogen) atoms. The summed E-state index contributed by atoms with van der Waals surface area (Å²) in [5.74, 6) is 0.645. The van der Waals surface area contributed by atoms with Crippen molar-refractivity contribution in [2.24, 2.45) is 7.05 Å². The maximum Gasteiger partial charge on any atom is 0.0849 e. The van der Waals surface area contributed by atoms with Gasteiger partial charge in [0.2, 0.25) is 0 Å². The Bertz CT molecular complexity index is 287. The average molecular weight is 180 g/mol. The Morgan fingerprint density at radius 3 is 2.77 bits per heavy atom. The van der Waals surface area contributed by atoms with E-state index in [1.165, 1.54) is 31.4 Å². The lowest BCUT2D eigenvalue weighted by atomic mass is 10.0. The van der Waals surface area contributed by atoms with E-state index in [2.05, 4.69) is 5.10 Å². The highest BCUT2D eigenvalue weighted by molar-refractivity contribution is 5.14. The van der Waals surface area contributed by atoms with Gasteiger partial charge in [0, 0.05) is 13.0 Å².